The van der Waals surface area contributed by atoms with Gasteiger partial charge in [-0.25, -0.2) is 14.8 Å². The molecule has 0 aliphatic rings. The molecule has 0 bridgehead atoms. The molecule has 0 aliphatic carbocycles. The van der Waals surface area contributed by atoms with E-state index in [1.807, 2.05) is 6.92 Å². The Kier molecular flexibility index (Phi) is 5.12. The Morgan fingerprint density at radius 3 is 2.92 bits per heavy atom. The third-order valence-corrected chi connectivity index (χ3v) is 1.59. The molecule has 1 amide bonds. The topological polar surface area (TPSA) is 68.0 Å². The number of quaternary nitrogens is 1. The molecular formula is C8H16NO4+. The van der Waals surface area contributed by atoms with Gasteiger partial charge in [0.15, 0.2) is 0 Å². The van der Waals surface area contributed by atoms with E-state index in [0.29, 0.717) is 0 Å². The fourth-order valence-electron chi connectivity index (χ4n) is 0.637. The summed E-state index contributed by atoms with van der Waals surface area (Å²) in [5.41, 5.74) is 0. The second-order valence-electron chi connectivity index (χ2n) is 2.68. The standard InChI is InChI=1S/C8H15NO4/c1-3-4-5-13-8(11)7(2)9(12)6-10/h6-7,12H,3-5H2,1-2H3/p+1/t7-/m0/s1/i/hT. The number of esters is 1. The lowest BCUT2D eigenvalue weighted by atomic mass is 10.3. The summed E-state index contributed by atoms with van der Waals surface area (Å²) in [5.74, 6) is -0.747. The van der Waals surface area contributed by atoms with Crippen LogP contribution >= 0.6 is 0 Å². The van der Waals surface area contributed by atoms with Crippen LogP contribution in [0.2, 0.25) is 1.41 Å². The van der Waals surface area contributed by atoms with E-state index in [1.165, 1.54) is 6.92 Å². The molecular weight excluding hydrogens is 174 g/mol. The molecule has 0 aromatic carbocycles. The monoisotopic (exact) mass is 192 g/mol. The molecule has 0 spiro atoms. The predicted octanol–water partition coefficient (Wildman–Crippen LogP) is -0.851. The summed E-state index contributed by atoms with van der Waals surface area (Å²) in [7, 11) is 0. The Balaban J connectivity index is 4.05. The lowest BCUT2D eigenvalue weighted by Gasteiger charge is -2.10. The van der Waals surface area contributed by atoms with Crippen molar-refractivity contribution in [2.45, 2.75) is 32.7 Å². The summed E-state index contributed by atoms with van der Waals surface area (Å²) in [6.07, 6.45) is 1.57. The van der Waals surface area contributed by atoms with E-state index >= 15 is 0 Å². The number of carbonyl (C=O) groups excluding carboxylic acids is 2. The lowest BCUT2D eigenvalue weighted by molar-refractivity contribution is -1.03. The van der Waals surface area contributed by atoms with Crippen LogP contribution in [0, 0.1) is 0 Å². The highest BCUT2D eigenvalue weighted by atomic mass is 16.6. The first-order valence-corrected chi connectivity index (χ1v) is 4.22. The molecule has 0 aliphatic heterocycles. The lowest BCUT2D eigenvalue weighted by Crippen LogP contribution is -3.13. The first-order chi connectivity index (χ1) is 6.45. The molecule has 76 valence electrons. The summed E-state index contributed by atoms with van der Waals surface area (Å²) < 4.78 is 11.8. The van der Waals surface area contributed by atoms with Gasteiger partial charge in [-0.3, -0.25) is 0 Å². The van der Waals surface area contributed by atoms with Crippen molar-refractivity contribution in [3.8, 4) is 0 Å². The number of hydroxylamine groups is 2. The number of hydrogen-bond donors (Lipinski definition) is 2. The zero-order chi connectivity index (χ0) is 11.2. The molecule has 2 atom stereocenters. The molecule has 1 unspecified atom stereocenters. The van der Waals surface area contributed by atoms with Gasteiger partial charge in [0.05, 0.1) is 6.61 Å². The zero-order valence-electron chi connectivity index (χ0n) is 8.90. The van der Waals surface area contributed by atoms with Gasteiger partial charge in [0.1, 0.15) is 0 Å². The van der Waals surface area contributed by atoms with Gasteiger partial charge in [0.2, 0.25) is 6.04 Å². The molecule has 0 radical (unpaired) electrons. The van der Waals surface area contributed by atoms with Crippen LogP contribution in [0.3, 0.4) is 0 Å². The number of rotatable bonds is 6. The predicted molar refractivity (Wildman–Crippen MR) is 44.1 cm³/mol. The fraction of sp³-hybridized carbons (Fsp3) is 0.750. The van der Waals surface area contributed by atoms with E-state index in [-0.39, 0.29) is 13.0 Å². The molecule has 0 aromatic heterocycles. The maximum absolute atomic E-state index is 11.1. The number of amides is 1. The van der Waals surface area contributed by atoms with Crippen LogP contribution in [0.25, 0.3) is 0 Å². The summed E-state index contributed by atoms with van der Waals surface area (Å²) in [4.78, 5) is 21.4. The summed E-state index contributed by atoms with van der Waals surface area (Å²) in [6.45, 7) is 3.45. The van der Waals surface area contributed by atoms with Crippen molar-refractivity contribution in [1.29, 1.82) is 0 Å². The van der Waals surface area contributed by atoms with Gasteiger partial charge >= 0.3 is 13.8 Å². The minimum atomic E-state index is -1.75. The first-order valence-electron chi connectivity index (χ1n) is 4.67. The average molecular weight is 192 g/mol. The highest BCUT2D eigenvalue weighted by Crippen LogP contribution is 1.90. The van der Waals surface area contributed by atoms with Gasteiger partial charge in [0.25, 0.3) is 0 Å². The summed E-state index contributed by atoms with van der Waals surface area (Å²) in [6, 6.07) is -1.22. The van der Waals surface area contributed by atoms with Crippen LogP contribution in [0.5, 0.6) is 0 Å². The van der Waals surface area contributed by atoms with Gasteiger partial charge in [-0.1, -0.05) is 13.3 Å². The fourth-order valence-corrected chi connectivity index (χ4v) is 0.637. The third kappa shape index (κ3) is 4.59. The molecule has 0 fully saturated rings. The van der Waals surface area contributed by atoms with Crippen molar-refractivity contribution in [3.05, 3.63) is 0 Å². The molecule has 0 saturated carbocycles. The Hall–Kier alpha value is -0.940. The molecule has 13 heavy (non-hydrogen) atoms. The average Bonchev–Trinajstić information content (AvgIpc) is 2.17. The Morgan fingerprint density at radius 2 is 2.46 bits per heavy atom. The van der Waals surface area contributed by atoms with E-state index in [4.69, 9.17) is 11.4 Å². The Morgan fingerprint density at radius 1 is 1.85 bits per heavy atom. The number of carbonyl (C=O) groups is 2. The van der Waals surface area contributed by atoms with Gasteiger partial charge in [-0.2, -0.15) is 0 Å². The highest BCUT2D eigenvalue weighted by molar-refractivity contribution is 5.74. The van der Waals surface area contributed by atoms with E-state index < -0.39 is 17.1 Å². The minimum Gasteiger partial charge on any atom is -0.461 e. The second kappa shape index (κ2) is 6.56. The number of nitrogens with one attached hydrogen (secondary N) is 1. The van der Waals surface area contributed by atoms with Crippen LogP contribution < -0.4 is 5.06 Å². The van der Waals surface area contributed by atoms with Crippen molar-refractivity contribution < 1.29 is 26.0 Å². The van der Waals surface area contributed by atoms with Crippen LogP contribution in [0.15, 0.2) is 0 Å². The van der Waals surface area contributed by atoms with Crippen molar-refractivity contribution in [2.24, 2.45) is 0 Å². The van der Waals surface area contributed by atoms with Crippen LogP contribution in [0.4, 0.5) is 0 Å². The SMILES string of the molecule is [3H][N+](O)(C=O)[C@@H](C)C(=O)OCCCC. The first kappa shape index (κ1) is 10.1. The van der Waals surface area contributed by atoms with Gasteiger partial charge in [-0.05, 0) is 6.42 Å². The highest BCUT2D eigenvalue weighted by Gasteiger charge is 2.25. The van der Waals surface area contributed by atoms with Crippen molar-refractivity contribution in [1.82, 2.24) is 0 Å². The van der Waals surface area contributed by atoms with Crippen molar-refractivity contribution >= 4 is 12.4 Å². The molecule has 0 rings (SSSR count). The Labute approximate surface area is 78.7 Å². The van der Waals surface area contributed by atoms with Crippen LogP contribution in [-0.4, -0.2) is 30.2 Å². The number of ether oxygens (including phenoxy) is 1. The maximum Gasteiger partial charge on any atom is 0.398 e. The molecule has 5 nitrogen and oxygen atoms in total. The molecule has 0 aromatic rings. The van der Waals surface area contributed by atoms with Crippen molar-refractivity contribution in [3.63, 3.8) is 0 Å². The molecule has 5 heteroatoms. The number of unbranched alkanes of at least 4 members (excludes halogenated alkanes) is 1. The molecule has 0 saturated heterocycles. The molecule has 0 heterocycles. The largest absolute Gasteiger partial charge is 0.461 e. The van der Waals surface area contributed by atoms with Crippen molar-refractivity contribution in [2.75, 3.05) is 6.61 Å². The Bertz CT molecular complexity index is 208. The smallest absolute Gasteiger partial charge is 0.398 e. The van der Waals surface area contributed by atoms with E-state index in [2.05, 4.69) is 0 Å². The maximum atomic E-state index is 11.1. The van der Waals surface area contributed by atoms with Crippen LogP contribution in [-0.2, 0) is 14.3 Å². The quantitative estimate of drug-likeness (QED) is 0.189. The zero-order valence-corrected chi connectivity index (χ0v) is 7.90. The summed E-state index contributed by atoms with van der Waals surface area (Å²) >= 11 is 0. The number of hydrogen-bond acceptors (Lipinski definition) is 4. The summed E-state index contributed by atoms with van der Waals surface area (Å²) in [5, 5.41) is 7.31. The molecule has 2 N–H and O–H groups in total. The van der Waals surface area contributed by atoms with Gasteiger partial charge in [-0.15, -0.1) is 5.06 Å². The second-order valence-corrected chi connectivity index (χ2v) is 2.68. The van der Waals surface area contributed by atoms with Gasteiger partial charge < -0.3 is 4.74 Å². The van der Waals surface area contributed by atoms with Crippen LogP contribution in [0.1, 0.15) is 26.7 Å². The van der Waals surface area contributed by atoms with E-state index in [1.54, 1.807) is 0 Å². The van der Waals surface area contributed by atoms with E-state index in [0.717, 1.165) is 12.8 Å². The van der Waals surface area contributed by atoms with E-state index in [9.17, 15) is 9.59 Å². The normalized spacial score (nSPS) is 18.2. The third-order valence-electron chi connectivity index (χ3n) is 1.59. The van der Waals surface area contributed by atoms with Gasteiger partial charge in [0, 0.05) is 6.92 Å². The minimum absolute atomic E-state index is 0.0360.